The molecule has 1 aliphatic heterocycles. The van der Waals surface area contributed by atoms with Crippen LogP contribution in [0.2, 0.25) is 0 Å². The van der Waals surface area contributed by atoms with E-state index in [1.165, 1.54) is 0 Å². The third-order valence-electron chi connectivity index (χ3n) is 1.28. The summed E-state index contributed by atoms with van der Waals surface area (Å²) < 4.78 is 1.57. The molecule has 1 fully saturated rings. The highest BCUT2D eigenvalue weighted by atomic mass is 31.0. The molecule has 0 saturated carbocycles. The third kappa shape index (κ3) is 0.837. The number of amides is 1. The summed E-state index contributed by atoms with van der Waals surface area (Å²) >= 11 is 0. The lowest BCUT2D eigenvalue weighted by Gasteiger charge is -2.04. The van der Waals surface area contributed by atoms with Crippen LogP contribution in [0.5, 0.6) is 0 Å². The molecule has 1 saturated heterocycles. The lowest BCUT2D eigenvalue weighted by molar-refractivity contribution is -0.124. The van der Waals surface area contributed by atoms with E-state index in [0.717, 1.165) is 13.0 Å². The highest BCUT2D eigenvalue weighted by molar-refractivity contribution is 7.14. The molecule has 1 rings (SSSR count). The Hall–Kier alpha value is -0.140. The highest BCUT2D eigenvalue weighted by Crippen LogP contribution is 2.12. The minimum atomic E-state index is -0.243. The molecule has 8 heavy (non-hydrogen) atoms. The van der Waals surface area contributed by atoms with Gasteiger partial charge < -0.3 is 10.4 Å². The van der Waals surface area contributed by atoms with Crippen LogP contribution in [0.25, 0.3) is 0 Å². The molecule has 0 aromatic rings. The Bertz CT molecular complexity index is 105. The Morgan fingerprint density at radius 3 is 2.62 bits per heavy atom. The number of hydrogen-bond acceptors (Lipinski definition) is 2. The van der Waals surface area contributed by atoms with Crippen molar-refractivity contribution in [2.24, 2.45) is 5.73 Å². The van der Waals surface area contributed by atoms with E-state index < -0.39 is 0 Å². The van der Waals surface area contributed by atoms with Gasteiger partial charge in [0.1, 0.15) is 0 Å². The predicted octanol–water partition coefficient (Wildman–Crippen LogP) is -0.664. The van der Waals surface area contributed by atoms with Crippen molar-refractivity contribution in [1.29, 1.82) is 0 Å². The van der Waals surface area contributed by atoms with Gasteiger partial charge >= 0.3 is 0 Å². The molecule has 2 N–H and O–H groups in total. The molecule has 1 heterocycles. The summed E-state index contributed by atoms with van der Waals surface area (Å²) in [6.07, 6.45) is 0.794. The van der Waals surface area contributed by atoms with Crippen LogP contribution in [-0.4, -0.2) is 23.2 Å². The molecule has 0 aromatic carbocycles. The fourth-order valence-corrected chi connectivity index (χ4v) is 1.07. The van der Waals surface area contributed by atoms with Crippen LogP contribution >= 0.6 is 9.39 Å². The Kier molecular flexibility index (Phi) is 1.49. The molecule has 3 nitrogen and oxygen atoms in total. The van der Waals surface area contributed by atoms with E-state index in [2.05, 4.69) is 9.39 Å². The van der Waals surface area contributed by atoms with Crippen molar-refractivity contribution in [1.82, 2.24) is 4.67 Å². The number of rotatable bonds is 0. The van der Waals surface area contributed by atoms with Crippen molar-refractivity contribution in [2.75, 3.05) is 6.54 Å². The lowest BCUT2D eigenvalue weighted by Crippen LogP contribution is -2.28. The first-order valence-corrected chi connectivity index (χ1v) is 3.05. The first-order valence-electron chi connectivity index (χ1n) is 2.53. The maximum absolute atomic E-state index is 10.7. The number of carbonyl (C=O) groups excluding carboxylic acids is 1. The molecule has 0 bridgehead atoms. The molecule has 1 unspecified atom stereocenters. The van der Waals surface area contributed by atoms with E-state index in [-0.39, 0.29) is 11.9 Å². The Labute approximate surface area is 50.5 Å². The average molecular weight is 132 g/mol. The van der Waals surface area contributed by atoms with Crippen molar-refractivity contribution >= 4 is 15.3 Å². The minimum absolute atomic E-state index is 0.0370. The smallest absolute Gasteiger partial charge is 0.242 e. The summed E-state index contributed by atoms with van der Waals surface area (Å²) in [7, 11) is 2.34. The Morgan fingerprint density at radius 2 is 2.50 bits per heavy atom. The molecule has 46 valence electrons. The Morgan fingerprint density at radius 1 is 1.88 bits per heavy atom. The number of carbonyl (C=O) groups is 1. The first kappa shape index (κ1) is 5.99. The van der Waals surface area contributed by atoms with Crippen LogP contribution < -0.4 is 5.73 Å². The summed E-state index contributed by atoms with van der Waals surface area (Å²) in [5.74, 6) is 0.0370. The molecule has 1 aliphatic rings. The van der Waals surface area contributed by atoms with E-state index in [1.54, 1.807) is 4.67 Å². The molecular formula is C4H9N2OP. The summed E-state index contributed by atoms with van der Waals surface area (Å²) in [5.41, 5.74) is 5.36. The monoisotopic (exact) mass is 132 g/mol. The van der Waals surface area contributed by atoms with Crippen molar-refractivity contribution < 1.29 is 4.79 Å². The fraction of sp³-hybridized carbons (Fsp3) is 0.750. The first-order chi connectivity index (χ1) is 3.72. The van der Waals surface area contributed by atoms with Gasteiger partial charge in [0.15, 0.2) is 0 Å². The van der Waals surface area contributed by atoms with Crippen molar-refractivity contribution in [2.45, 2.75) is 12.5 Å². The molecule has 0 spiro atoms. The zero-order valence-corrected chi connectivity index (χ0v) is 5.66. The summed E-state index contributed by atoms with van der Waals surface area (Å²) in [6.45, 7) is 0.782. The standard InChI is InChI=1S/C4H9N2OP/c5-3-1-2-6(8)4(3)7/h3H,1-2,5,8H2/t3-/m1/s1. The van der Waals surface area contributed by atoms with E-state index in [4.69, 9.17) is 5.73 Å². The van der Waals surface area contributed by atoms with Gasteiger partial charge in [0.05, 0.1) is 6.04 Å². The van der Waals surface area contributed by atoms with Crippen molar-refractivity contribution in [3.63, 3.8) is 0 Å². The van der Waals surface area contributed by atoms with Gasteiger partial charge in [-0.05, 0) is 15.8 Å². The van der Waals surface area contributed by atoms with E-state index >= 15 is 0 Å². The van der Waals surface area contributed by atoms with Gasteiger partial charge in [-0.25, -0.2) is 0 Å². The molecule has 0 aromatic heterocycles. The van der Waals surface area contributed by atoms with Gasteiger partial charge in [-0.2, -0.15) is 0 Å². The number of nitrogens with zero attached hydrogens (tertiary/aromatic N) is 1. The number of hydrogen-bond donors (Lipinski definition) is 1. The van der Waals surface area contributed by atoms with Gasteiger partial charge in [-0.1, -0.05) is 0 Å². The number of nitrogens with two attached hydrogens (primary N) is 1. The van der Waals surface area contributed by atoms with Gasteiger partial charge in [0.2, 0.25) is 5.91 Å². The van der Waals surface area contributed by atoms with E-state index in [9.17, 15) is 4.79 Å². The molecule has 2 atom stereocenters. The van der Waals surface area contributed by atoms with Gasteiger partial charge in [0, 0.05) is 6.54 Å². The van der Waals surface area contributed by atoms with Gasteiger partial charge in [-0.15, -0.1) is 0 Å². The van der Waals surface area contributed by atoms with Gasteiger partial charge in [-0.3, -0.25) is 4.79 Å². The SMILES string of the molecule is N[C@@H]1CCN(P)C1=O. The molecule has 0 radical (unpaired) electrons. The zero-order chi connectivity index (χ0) is 6.15. The third-order valence-corrected chi connectivity index (χ3v) is 1.79. The normalized spacial score (nSPS) is 29.5. The van der Waals surface area contributed by atoms with Crippen LogP contribution in [0, 0.1) is 0 Å². The summed E-state index contributed by atoms with van der Waals surface area (Å²) in [4.78, 5) is 10.7. The average Bonchev–Trinajstić information content (AvgIpc) is 1.98. The second-order valence-corrected chi connectivity index (χ2v) is 2.55. The molecule has 1 amide bonds. The highest BCUT2D eigenvalue weighted by Gasteiger charge is 2.24. The largest absolute Gasteiger partial charge is 0.326 e. The molecule has 4 heteroatoms. The zero-order valence-electron chi connectivity index (χ0n) is 4.50. The summed E-state index contributed by atoms with van der Waals surface area (Å²) in [5, 5.41) is 0. The quantitative estimate of drug-likeness (QED) is 0.444. The maximum atomic E-state index is 10.7. The van der Waals surface area contributed by atoms with E-state index in [1.807, 2.05) is 0 Å². The molecule has 0 aliphatic carbocycles. The second kappa shape index (κ2) is 2.00. The summed E-state index contributed by atoms with van der Waals surface area (Å²) in [6, 6.07) is -0.243. The van der Waals surface area contributed by atoms with Crippen LogP contribution in [0.1, 0.15) is 6.42 Å². The van der Waals surface area contributed by atoms with Crippen LogP contribution in [0.15, 0.2) is 0 Å². The van der Waals surface area contributed by atoms with Crippen LogP contribution in [-0.2, 0) is 4.79 Å². The second-order valence-electron chi connectivity index (χ2n) is 1.93. The van der Waals surface area contributed by atoms with Crippen LogP contribution in [0.3, 0.4) is 0 Å². The minimum Gasteiger partial charge on any atom is -0.326 e. The lowest BCUT2D eigenvalue weighted by atomic mass is 10.3. The Balaban J connectivity index is 2.57. The maximum Gasteiger partial charge on any atom is 0.242 e. The van der Waals surface area contributed by atoms with E-state index in [0.29, 0.717) is 0 Å². The fourth-order valence-electron chi connectivity index (χ4n) is 0.725. The van der Waals surface area contributed by atoms with Crippen molar-refractivity contribution in [3.8, 4) is 0 Å². The molecular weight excluding hydrogens is 123 g/mol. The topological polar surface area (TPSA) is 46.3 Å². The predicted molar refractivity (Wildman–Crippen MR) is 34.0 cm³/mol. The van der Waals surface area contributed by atoms with Crippen molar-refractivity contribution in [3.05, 3.63) is 0 Å². The van der Waals surface area contributed by atoms with Crippen LogP contribution in [0.4, 0.5) is 0 Å². The van der Waals surface area contributed by atoms with Gasteiger partial charge in [0.25, 0.3) is 0 Å².